The zero-order chi connectivity index (χ0) is 38.7. The van der Waals surface area contributed by atoms with Gasteiger partial charge in [0.2, 0.25) is 5.91 Å². The Hall–Kier alpha value is -1.40. The number of carbonyl (C=O) groups excluding carboxylic acids is 2. The lowest BCUT2D eigenvalue weighted by Crippen LogP contribution is -2.45. The molecule has 0 aliphatic heterocycles. The van der Waals surface area contributed by atoms with Crippen LogP contribution >= 0.6 is 0 Å². The van der Waals surface area contributed by atoms with Gasteiger partial charge in [-0.05, 0) is 51.4 Å². The number of allylic oxidation sites excluding steroid dienone is 2. The minimum Gasteiger partial charge on any atom is -0.466 e. The molecule has 0 spiro atoms. The predicted molar refractivity (Wildman–Crippen MR) is 227 cm³/mol. The molecule has 1 amide bonds. The van der Waals surface area contributed by atoms with E-state index < -0.39 is 12.1 Å². The molecule has 6 heteroatoms. The van der Waals surface area contributed by atoms with E-state index in [0.29, 0.717) is 25.9 Å². The molecule has 3 N–H and O–H groups in total. The maximum atomic E-state index is 12.4. The summed E-state index contributed by atoms with van der Waals surface area (Å²) < 4.78 is 5.45. The van der Waals surface area contributed by atoms with Crippen molar-refractivity contribution in [2.45, 2.75) is 264 Å². The number of hydrogen-bond donors (Lipinski definition) is 3. The summed E-state index contributed by atoms with van der Waals surface area (Å²) in [6, 6.07) is -0.558. The Labute approximate surface area is 329 Å². The number of amides is 1. The number of aliphatic hydroxyl groups is 2. The first-order valence-corrected chi connectivity index (χ1v) is 23.4. The van der Waals surface area contributed by atoms with Crippen LogP contribution in [0.25, 0.3) is 0 Å². The normalized spacial score (nSPS) is 12.8. The molecule has 6 nitrogen and oxygen atoms in total. The van der Waals surface area contributed by atoms with E-state index >= 15 is 0 Å². The second-order valence-corrected chi connectivity index (χ2v) is 16.1. The highest BCUT2D eigenvalue weighted by Crippen LogP contribution is 2.15. The number of unbranched alkanes of at least 4 members (excludes halogenated alkanes) is 30. The van der Waals surface area contributed by atoms with Gasteiger partial charge in [-0.3, -0.25) is 9.59 Å². The van der Waals surface area contributed by atoms with Gasteiger partial charge in [0.15, 0.2) is 0 Å². The van der Waals surface area contributed by atoms with Crippen molar-refractivity contribution < 1.29 is 24.5 Å². The second-order valence-electron chi connectivity index (χ2n) is 16.1. The van der Waals surface area contributed by atoms with Crippen LogP contribution in [0.1, 0.15) is 251 Å². The van der Waals surface area contributed by atoms with Gasteiger partial charge in [0.25, 0.3) is 0 Å². The summed E-state index contributed by atoms with van der Waals surface area (Å²) >= 11 is 0. The SMILES string of the molecule is CCCCCCCCC/C=C\CCCCCCCCCC(=O)OCCCCCCCCCCCC(=O)NC(CO)C(O)CCCCCCCCCCC. The van der Waals surface area contributed by atoms with Crippen LogP contribution in [0.5, 0.6) is 0 Å². The standard InChI is InChI=1S/C47H91NO5/c1-3-5-7-9-11-13-14-15-16-17-18-19-20-21-25-29-33-37-41-47(52)53-42-38-34-30-26-22-24-28-32-36-40-46(51)48-44(43-49)45(50)39-35-31-27-23-12-10-8-6-4-2/h16-17,44-45,49-50H,3-15,18-43H2,1-2H3,(H,48,51)/b17-16-. The summed E-state index contributed by atoms with van der Waals surface area (Å²) in [5.41, 5.74) is 0. The van der Waals surface area contributed by atoms with Crippen LogP contribution in [-0.2, 0) is 14.3 Å². The predicted octanol–water partition coefficient (Wildman–Crippen LogP) is 13.4. The molecule has 0 aromatic rings. The molecule has 0 aliphatic rings. The van der Waals surface area contributed by atoms with E-state index in [2.05, 4.69) is 31.3 Å². The van der Waals surface area contributed by atoms with Crippen LogP contribution in [0.15, 0.2) is 12.2 Å². The summed E-state index contributed by atoms with van der Waals surface area (Å²) in [6.07, 6.45) is 47.5. The maximum Gasteiger partial charge on any atom is 0.305 e. The third-order valence-corrected chi connectivity index (χ3v) is 10.8. The summed E-state index contributed by atoms with van der Waals surface area (Å²) in [5, 5.41) is 23.0. The van der Waals surface area contributed by atoms with Gasteiger partial charge in [-0.2, -0.15) is 0 Å². The van der Waals surface area contributed by atoms with Crippen LogP contribution in [0.3, 0.4) is 0 Å². The van der Waals surface area contributed by atoms with Crippen molar-refractivity contribution >= 4 is 11.9 Å². The lowest BCUT2D eigenvalue weighted by Gasteiger charge is -2.22. The third-order valence-electron chi connectivity index (χ3n) is 10.8. The molecular formula is C47H91NO5. The highest BCUT2D eigenvalue weighted by molar-refractivity contribution is 5.76. The molecule has 0 aromatic carbocycles. The molecule has 2 unspecified atom stereocenters. The molecule has 0 heterocycles. The van der Waals surface area contributed by atoms with Crippen LogP contribution < -0.4 is 5.32 Å². The largest absolute Gasteiger partial charge is 0.466 e. The summed E-state index contributed by atoms with van der Waals surface area (Å²) in [7, 11) is 0. The first-order valence-electron chi connectivity index (χ1n) is 23.4. The number of carbonyl (C=O) groups is 2. The summed E-state index contributed by atoms with van der Waals surface area (Å²) in [4.78, 5) is 24.4. The van der Waals surface area contributed by atoms with Crippen LogP contribution in [0, 0.1) is 0 Å². The Morgan fingerprint density at radius 2 is 0.887 bits per heavy atom. The van der Waals surface area contributed by atoms with Crippen molar-refractivity contribution in [2.24, 2.45) is 0 Å². The number of esters is 1. The van der Waals surface area contributed by atoms with Gasteiger partial charge in [0, 0.05) is 12.8 Å². The van der Waals surface area contributed by atoms with Crippen molar-refractivity contribution in [1.29, 1.82) is 0 Å². The third kappa shape index (κ3) is 40.1. The highest BCUT2D eigenvalue weighted by atomic mass is 16.5. The van der Waals surface area contributed by atoms with E-state index in [4.69, 9.17) is 4.74 Å². The van der Waals surface area contributed by atoms with E-state index in [9.17, 15) is 19.8 Å². The molecule has 0 aliphatic carbocycles. The van der Waals surface area contributed by atoms with Gasteiger partial charge < -0.3 is 20.3 Å². The Bertz CT molecular complexity index is 787. The summed E-state index contributed by atoms with van der Waals surface area (Å²) in [5.74, 6) is -0.0939. The molecule has 0 rings (SSSR count). The topological polar surface area (TPSA) is 95.9 Å². The van der Waals surface area contributed by atoms with Crippen molar-refractivity contribution in [3.8, 4) is 0 Å². The molecule has 314 valence electrons. The van der Waals surface area contributed by atoms with E-state index in [-0.39, 0.29) is 18.5 Å². The first kappa shape index (κ1) is 51.6. The monoisotopic (exact) mass is 750 g/mol. The number of rotatable bonds is 43. The molecule has 0 radical (unpaired) electrons. The summed E-state index contributed by atoms with van der Waals surface area (Å²) in [6.45, 7) is 4.86. The quantitative estimate of drug-likeness (QED) is 0.0328. The number of nitrogens with one attached hydrogen (secondary N) is 1. The smallest absolute Gasteiger partial charge is 0.305 e. The lowest BCUT2D eigenvalue weighted by molar-refractivity contribution is -0.143. The van der Waals surface area contributed by atoms with Gasteiger partial charge >= 0.3 is 5.97 Å². The van der Waals surface area contributed by atoms with Crippen molar-refractivity contribution in [3.63, 3.8) is 0 Å². The van der Waals surface area contributed by atoms with Crippen molar-refractivity contribution in [1.82, 2.24) is 5.32 Å². The lowest BCUT2D eigenvalue weighted by atomic mass is 10.0. The molecule has 0 saturated carbocycles. The molecular weight excluding hydrogens is 659 g/mol. The van der Waals surface area contributed by atoms with Crippen LogP contribution in [-0.4, -0.2) is 47.4 Å². The molecule has 0 fully saturated rings. The molecule has 0 aromatic heterocycles. The minimum atomic E-state index is -0.678. The van der Waals surface area contributed by atoms with E-state index in [0.717, 1.165) is 57.8 Å². The zero-order valence-electron chi connectivity index (χ0n) is 35.5. The fraction of sp³-hybridized carbons (Fsp3) is 0.915. The van der Waals surface area contributed by atoms with E-state index in [1.54, 1.807) is 0 Å². The molecule has 0 bridgehead atoms. The van der Waals surface area contributed by atoms with E-state index in [1.165, 1.54) is 161 Å². The Morgan fingerprint density at radius 3 is 1.34 bits per heavy atom. The maximum absolute atomic E-state index is 12.4. The minimum absolute atomic E-state index is 0.0286. The van der Waals surface area contributed by atoms with Crippen LogP contribution in [0.2, 0.25) is 0 Å². The fourth-order valence-corrected chi connectivity index (χ4v) is 7.16. The zero-order valence-corrected chi connectivity index (χ0v) is 35.5. The molecule has 0 saturated heterocycles. The fourth-order valence-electron chi connectivity index (χ4n) is 7.16. The van der Waals surface area contributed by atoms with E-state index in [1.807, 2.05) is 0 Å². The first-order chi connectivity index (χ1) is 26.0. The Balaban J connectivity index is 3.45. The van der Waals surface area contributed by atoms with Gasteiger partial charge in [0.05, 0.1) is 25.4 Å². The van der Waals surface area contributed by atoms with Crippen molar-refractivity contribution in [2.75, 3.05) is 13.2 Å². The van der Waals surface area contributed by atoms with Gasteiger partial charge in [-0.25, -0.2) is 0 Å². The molecule has 2 atom stereocenters. The number of aliphatic hydroxyl groups excluding tert-OH is 2. The van der Waals surface area contributed by atoms with Crippen molar-refractivity contribution in [3.05, 3.63) is 12.2 Å². The van der Waals surface area contributed by atoms with Gasteiger partial charge in [0.1, 0.15) is 0 Å². The average Bonchev–Trinajstić information content (AvgIpc) is 3.16. The molecule has 53 heavy (non-hydrogen) atoms. The second kappa shape index (κ2) is 43.3. The Morgan fingerprint density at radius 1 is 0.509 bits per heavy atom. The average molecular weight is 750 g/mol. The number of ether oxygens (including phenoxy) is 1. The highest BCUT2D eigenvalue weighted by Gasteiger charge is 2.20. The number of hydrogen-bond acceptors (Lipinski definition) is 5. The Kier molecular flexibility index (Phi) is 42.2. The van der Waals surface area contributed by atoms with Gasteiger partial charge in [-0.15, -0.1) is 0 Å². The van der Waals surface area contributed by atoms with Gasteiger partial charge in [-0.1, -0.05) is 199 Å². The van der Waals surface area contributed by atoms with Crippen LogP contribution in [0.4, 0.5) is 0 Å².